The number of pyridine rings is 2. The summed E-state index contributed by atoms with van der Waals surface area (Å²) >= 11 is 0. The van der Waals surface area contributed by atoms with Crippen LogP contribution in [0.5, 0.6) is 0 Å². The van der Waals surface area contributed by atoms with Gasteiger partial charge >= 0.3 is 0 Å². The molecule has 4 aromatic rings. The monoisotopic (exact) mass is 386 g/mol. The summed E-state index contributed by atoms with van der Waals surface area (Å²) in [5.41, 5.74) is 4.28. The Hall–Kier alpha value is -3.74. The molecule has 1 aromatic carbocycles. The predicted octanol–water partition coefficient (Wildman–Crippen LogP) is 3.66. The first-order valence-electron chi connectivity index (χ1n) is 9.28. The van der Waals surface area contributed by atoms with E-state index in [1.54, 1.807) is 10.9 Å². The van der Waals surface area contributed by atoms with Crippen molar-refractivity contribution in [3.63, 3.8) is 0 Å². The van der Waals surface area contributed by atoms with Gasteiger partial charge < -0.3 is 10.2 Å². The Labute approximate surface area is 169 Å². The van der Waals surface area contributed by atoms with E-state index in [0.29, 0.717) is 16.9 Å². The summed E-state index contributed by atoms with van der Waals surface area (Å²) in [6.07, 6.45) is 1.65. The molecule has 0 aliphatic carbocycles. The number of rotatable bonds is 4. The van der Waals surface area contributed by atoms with Crippen LogP contribution in [0.2, 0.25) is 0 Å². The van der Waals surface area contributed by atoms with Crippen molar-refractivity contribution in [1.82, 2.24) is 19.7 Å². The number of carbonyl (C=O) groups is 1. The van der Waals surface area contributed by atoms with Crippen LogP contribution in [0.4, 0.5) is 11.5 Å². The fourth-order valence-corrected chi connectivity index (χ4v) is 3.30. The fourth-order valence-electron chi connectivity index (χ4n) is 3.30. The molecule has 0 aliphatic rings. The second kappa shape index (κ2) is 7.35. The third kappa shape index (κ3) is 3.54. The highest BCUT2D eigenvalue weighted by Crippen LogP contribution is 2.27. The summed E-state index contributed by atoms with van der Waals surface area (Å²) in [7, 11) is 5.68. The highest BCUT2D eigenvalue weighted by Gasteiger charge is 2.19. The molecular weight excluding hydrogens is 364 g/mol. The van der Waals surface area contributed by atoms with Gasteiger partial charge in [0.15, 0.2) is 5.65 Å². The molecule has 1 amide bonds. The largest absolute Gasteiger partial charge is 0.363 e. The van der Waals surface area contributed by atoms with Crippen molar-refractivity contribution >= 4 is 28.4 Å². The van der Waals surface area contributed by atoms with E-state index >= 15 is 0 Å². The maximum atomic E-state index is 13.2. The van der Waals surface area contributed by atoms with Crippen LogP contribution in [0.1, 0.15) is 16.1 Å². The Balaban J connectivity index is 1.78. The predicted molar refractivity (Wildman–Crippen MR) is 115 cm³/mol. The molecule has 3 heterocycles. The number of carbonyl (C=O) groups excluding carboxylic acids is 1. The second-order valence-corrected chi connectivity index (χ2v) is 7.08. The van der Waals surface area contributed by atoms with E-state index < -0.39 is 0 Å². The lowest BCUT2D eigenvalue weighted by Crippen LogP contribution is -2.14. The van der Waals surface area contributed by atoms with Gasteiger partial charge in [-0.1, -0.05) is 30.3 Å². The number of aryl methyl sites for hydroxylation is 2. The summed E-state index contributed by atoms with van der Waals surface area (Å²) < 4.78 is 1.71. The van der Waals surface area contributed by atoms with Crippen LogP contribution >= 0.6 is 0 Å². The Bertz CT molecular complexity index is 1180. The quantitative estimate of drug-likeness (QED) is 0.579. The zero-order valence-corrected chi connectivity index (χ0v) is 16.8. The van der Waals surface area contributed by atoms with Gasteiger partial charge in [0.1, 0.15) is 5.82 Å². The average Bonchev–Trinajstić information content (AvgIpc) is 3.02. The van der Waals surface area contributed by atoms with E-state index in [1.807, 2.05) is 81.5 Å². The maximum Gasteiger partial charge on any atom is 0.256 e. The zero-order valence-electron chi connectivity index (χ0n) is 16.8. The molecule has 0 spiro atoms. The molecule has 0 saturated carbocycles. The van der Waals surface area contributed by atoms with Crippen LogP contribution < -0.4 is 10.2 Å². The molecule has 0 fully saturated rings. The minimum atomic E-state index is -0.218. The van der Waals surface area contributed by atoms with Gasteiger partial charge in [0.2, 0.25) is 0 Å². The molecule has 7 heteroatoms. The van der Waals surface area contributed by atoms with E-state index in [9.17, 15) is 4.79 Å². The Morgan fingerprint density at radius 1 is 1.10 bits per heavy atom. The summed E-state index contributed by atoms with van der Waals surface area (Å²) in [4.78, 5) is 24.2. The van der Waals surface area contributed by atoms with Gasteiger partial charge in [-0.05, 0) is 25.1 Å². The van der Waals surface area contributed by atoms with Crippen molar-refractivity contribution in [2.24, 2.45) is 7.05 Å². The number of nitrogens with zero attached hydrogens (tertiary/aromatic N) is 5. The topological polar surface area (TPSA) is 75.9 Å². The van der Waals surface area contributed by atoms with Gasteiger partial charge in [0, 0.05) is 26.7 Å². The minimum Gasteiger partial charge on any atom is -0.363 e. The highest BCUT2D eigenvalue weighted by atomic mass is 16.1. The number of aromatic nitrogens is 4. The van der Waals surface area contributed by atoms with E-state index in [2.05, 4.69) is 15.4 Å². The number of benzene rings is 1. The molecule has 0 bridgehead atoms. The third-order valence-electron chi connectivity index (χ3n) is 4.75. The van der Waals surface area contributed by atoms with E-state index in [1.165, 1.54) is 0 Å². The van der Waals surface area contributed by atoms with Crippen LogP contribution in [0.3, 0.4) is 0 Å². The van der Waals surface area contributed by atoms with Crippen LogP contribution in [-0.4, -0.2) is 39.8 Å². The minimum absolute atomic E-state index is 0.218. The molecule has 4 rings (SSSR count). The number of anilines is 2. The molecule has 146 valence electrons. The molecule has 0 saturated heterocycles. The lowest BCUT2D eigenvalue weighted by Gasteiger charge is -2.12. The van der Waals surface area contributed by atoms with Crippen molar-refractivity contribution in [2.75, 3.05) is 24.3 Å². The summed E-state index contributed by atoms with van der Waals surface area (Å²) in [6, 6.07) is 15.3. The molecule has 0 aliphatic heterocycles. The number of nitrogens with one attached hydrogen (secondary N) is 1. The number of amides is 1. The van der Waals surface area contributed by atoms with E-state index in [4.69, 9.17) is 4.98 Å². The van der Waals surface area contributed by atoms with Crippen molar-refractivity contribution in [2.45, 2.75) is 6.92 Å². The zero-order chi connectivity index (χ0) is 20.5. The lowest BCUT2D eigenvalue weighted by atomic mass is 10.0. The molecule has 1 N–H and O–H groups in total. The first-order valence-corrected chi connectivity index (χ1v) is 9.28. The van der Waals surface area contributed by atoms with Gasteiger partial charge in [-0.15, -0.1) is 0 Å². The average molecular weight is 386 g/mol. The van der Waals surface area contributed by atoms with Gasteiger partial charge in [0.05, 0.1) is 34.2 Å². The molecule has 0 radical (unpaired) electrons. The molecule has 3 aromatic heterocycles. The highest BCUT2D eigenvalue weighted by molar-refractivity contribution is 6.13. The van der Waals surface area contributed by atoms with Crippen molar-refractivity contribution in [3.8, 4) is 11.3 Å². The molecular formula is C22H22N6O. The molecule has 0 atom stereocenters. The van der Waals surface area contributed by atoms with Crippen LogP contribution in [0.25, 0.3) is 22.3 Å². The molecule has 0 unspecified atom stereocenters. The normalized spacial score (nSPS) is 10.9. The van der Waals surface area contributed by atoms with Crippen LogP contribution in [0.15, 0.2) is 54.7 Å². The first kappa shape index (κ1) is 18.6. The summed E-state index contributed by atoms with van der Waals surface area (Å²) in [6.45, 7) is 1.89. The van der Waals surface area contributed by atoms with E-state index in [-0.39, 0.29) is 5.91 Å². The SMILES string of the molecule is Cc1nn(C)c2nc(-c3ccccc3)cc(C(=O)Nc3ccc(N(C)C)nc3)c12. The van der Waals surface area contributed by atoms with E-state index in [0.717, 1.165) is 28.2 Å². The Morgan fingerprint density at radius 3 is 2.52 bits per heavy atom. The van der Waals surface area contributed by atoms with Crippen molar-refractivity contribution in [1.29, 1.82) is 0 Å². The summed E-state index contributed by atoms with van der Waals surface area (Å²) in [5, 5.41) is 8.16. The lowest BCUT2D eigenvalue weighted by molar-refractivity contribution is 0.102. The first-order chi connectivity index (χ1) is 13.9. The Kier molecular flexibility index (Phi) is 4.72. The Morgan fingerprint density at radius 2 is 1.86 bits per heavy atom. The smallest absolute Gasteiger partial charge is 0.256 e. The number of fused-ring (bicyclic) bond motifs is 1. The van der Waals surface area contributed by atoms with Gasteiger partial charge in [-0.25, -0.2) is 9.97 Å². The molecule has 29 heavy (non-hydrogen) atoms. The fraction of sp³-hybridized carbons (Fsp3) is 0.182. The summed E-state index contributed by atoms with van der Waals surface area (Å²) in [5.74, 6) is 0.605. The standard InChI is InChI=1S/C22H22N6O/c1-14-20-17(22(29)24-16-10-11-19(23-13-16)27(2)3)12-18(15-8-6-5-7-9-15)25-21(20)28(4)26-14/h5-13H,1-4H3,(H,24,29). The third-order valence-corrected chi connectivity index (χ3v) is 4.75. The van der Waals surface area contributed by atoms with Crippen molar-refractivity contribution in [3.05, 3.63) is 66.0 Å². The van der Waals surface area contributed by atoms with Gasteiger partial charge in [0.25, 0.3) is 5.91 Å². The van der Waals surface area contributed by atoms with Gasteiger partial charge in [-0.2, -0.15) is 5.10 Å². The number of hydrogen-bond donors (Lipinski definition) is 1. The second-order valence-electron chi connectivity index (χ2n) is 7.08. The van der Waals surface area contributed by atoms with Gasteiger partial charge in [-0.3, -0.25) is 9.48 Å². The maximum absolute atomic E-state index is 13.2. The molecule has 7 nitrogen and oxygen atoms in total. The van der Waals surface area contributed by atoms with Crippen molar-refractivity contribution < 1.29 is 4.79 Å². The van der Waals surface area contributed by atoms with Crippen LogP contribution in [0, 0.1) is 6.92 Å². The number of hydrogen-bond acceptors (Lipinski definition) is 5. The van der Waals surface area contributed by atoms with Crippen LogP contribution in [-0.2, 0) is 7.05 Å².